The minimum Gasteiger partial charge on any atom is -0.447 e. The summed E-state index contributed by atoms with van der Waals surface area (Å²) in [5.74, 6) is 0. The second kappa shape index (κ2) is 2.85. The maximum absolute atomic E-state index is 11.1. The predicted octanol–water partition coefficient (Wildman–Crippen LogP) is 1.44. The van der Waals surface area contributed by atoms with Gasteiger partial charge in [0.1, 0.15) is 6.61 Å². The van der Waals surface area contributed by atoms with Gasteiger partial charge in [-0.15, -0.1) is 0 Å². The largest absolute Gasteiger partial charge is 0.447 e. The Morgan fingerprint density at radius 3 is 2.75 bits per heavy atom. The van der Waals surface area contributed by atoms with E-state index in [0.717, 1.165) is 5.69 Å². The summed E-state index contributed by atoms with van der Waals surface area (Å²) >= 11 is 0. The molecule has 0 atom stereocenters. The Balaban J connectivity index is 2.25. The number of ether oxygens (including phenoxy) is 1. The van der Waals surface area contributed by atoms with Crippen molar-refractivity contribution in [2.75, 3.05) is 18.1 Å². The quantitative estimate of drug-likeness (QED) is 0.625. The standard InChI is InChI=1S/C9H8NO2/c11-9-10(6-7-12-9)8-4-2-1-3-5-8/h2-5H,6-7H2. The van der Waals surface area contributed by atoms with E-state index < -0.39 is 0 Å². The zero-order valence-corrected chi connectivity index (χ0v) is 6.49. The number of nitrogens with zero attached hydrogens (tertiary/aromatic N) is 1. The molecule has 3 nitrogen and oxygen atoms in total. The number of benzene rings is 1. The van der Waals surface area contributed by atoms with Crippen LogP contribution in [-0.4, -0.2) is 19.2 Å². The molecule has 0 aromatic heterocycles. The lowest BCUT2D eigenvalue weighted by Crippen LogP contribution is -2.22. The molecule has 0 bridgehead atoms. The second-order valence-electron chi connectivity index (χ2n) is 2.52. The first kappa shape index (κ1) is 7.16. The average molecular weight is 162 g/mol. The molecule has 0 spiro atoms. The lowest BCUT2D eigenvalue weighted by atomic mass is 10.3. The first-order chi connectivity index (χ1) is 5.88. The Bertz CT molecular complexity index is 284. The minimum atomic E-state index is -0.263. The normalized spacial score (nSPS) is 16.3. The van der Waals surface area contributed by atoms with E-state index in [1.807, 2.05) is 12.1 Å². The molecule has 61 valence electrons. The molecule has 1 radical (unpaired) electrons. The van der Waals surface area contributed by atoms with Crippen molar-refractivity contribution in [2.24, 2.45) is 0 Å². The Morgan fingerprint density at radius 2 is 2.17 bits per heavy atom. The van der Waals surface area contributed by atoms with Gasteiger partial charge in [0.2, 0.25) is 0 Å². The van der Waals surface area contributed by atoms with Crippen molar-refractivity contribution in [2.45, 2.75) is 0 Å². The fourth-order valence-corrected chi connectivity index (χ4v) is 1.19. The number of cyclic esters (lactones) is 1. The van der Waals surface area contributed by atoms with Crippen LogP contribution in [0.1, 0.15) is 0 Å². The maximum atomic E-state index is 11.1. The highest BCUT2D eigenvalue weighted by Crippen LogP contribution is 2.16. The van der Waals surface area contributed by atoms with E-state index in [4.69, 9.17) is 4.74 Å². The number of anilines is 1. The first-order valence-corrected chi connectivity index (χ1v) is 3.78. The zero-order valence-electron chi connectivity index (χ0n) is 6.49. The lowest BCUT2D eigenvalue weighted by Gasteiger charge is -2.11. The van der Waals surface area contributed by atoms with Crippen LogP contribution in [0.2, 0.25) is 0 Å². The summed E-state index contributed by atoms with van der Waals surface area (Å²) in [6.07, 6.45) is -0.263. The molecule has 1 aromatic rings. The summed E-state index contributed by atoms with van der Waals surface area (Å²) in [7, 11) is 0. The molecule has 1 saturated heterocycles. The van der Waals surface area contributed by atoms with Crippen molar-refractivity contribution in [3.63, 3.8) is 0 Å². The average Bonchev–Trinajstić information content (AvgIpc) is 2.53. The summed E-state index contributed by atoms with van der Waals surface area (Å²) < 4.78 is 4.80. The molecule has 3 heteroatoms. The van der Waals surface area contributed by atoms with Crippen molar-refractivity contribution in [3.05, 3.63) is 30.3 Å². The highest BCUT2D eigenvalue weighted by molar-refractivity contribution is 5.89. The minimum absolute atomic E-state index is 0.263. The zero-order chi connectivity index (χ0) is 8.39. The fraction of sp³-hybridized carbons (Fsp3) is 0.222. The summed E-state index contributed by atoms with van der Waals surface area (Å²) in [6.45, 7) is 1.13. The van der Waals surface area contributed by atoms with Gasteiger partial charge in [-0.25, -0.2) is 4.79 Å². The highest BCUT2D eigenvalue weighted by atomic mass is 16.6. The number of carbonyl (C=O) groups is 1. The molecule has 2 rings (SSSR count). The van der Waals surface area contributed by atoms with E-state index in [1.165, 1.54) is 0 Å². The van der Waals surface area contributed by atoms with E-state index in [9.17, 15) is 4.79 Å². The van der Waals surface area contributed by atoms with Crippen molar-refractivity contribution in [3.8, 4) is 0 Å². The van der Waals surface area contributed by atoms with E-state index in [-0.39, 0.29) is 6.09 Å². The molecular weight excluding hydrogens is 154 g/mol. The predicted molar refractivity (Wildman–Crippen MR) is 44.0 cm³/mol. The van der Waals surface area contributed by atoms with Crippen LogP contribution in [0.5, 0.6) is 0 Å². The smallest absolute Gasteiger partial charge is 0.414 e. The SMILES string of the molecule is O=C1OCCN1c1cc[c]cc1. The van der Waals surface area contributed by atoms with Crippen LogP contribution < -0.4 is 4.90 Å². The molecule has 12 heavy (non-hydrogen) atoms. The maximum Gasteiger partial charge on any atom is 0.414 e. The molecule has 0 saturated carbocycles. The summed E-state index contributed by atoms with van der Waals surface area (Å²) in [5, 5.41) is 0. The third-order valence-corrected chi connectivity index (χ3v) is 1.77. The van der Waals surface area contributed by atoms with Crippen LogP contribution in [0.15, 0.2) is 24.3 Å². The van der Waals surface area contributed by atoms with Gasteiger partial charge in [0.25, 0.3) is 0 Å². The van der Waals surface area contributed by atoms with Gasteiger partial charge in [0.15, 0.2) is 0 Å². The number of carbonyl (C=O) groups excluding carboxylic acids is 1. The van der Waals surface area contributed by atoms with Gasteiger partial charge in [0.05, 0.1) is 6.54 Å². The highest BCUT2D eigenvalue weighted by Gasteiger charge is 2.22. The van der Waals surface area contributed by atoms with Gasteiger partial charge in [-0.3, -0.25) is 4.90 Å². The topological polar surface area (TPSA) is 29.5 Å². The van der Waals surface area contributed by atoms with Gasteiger partial charge in [-0.2, -0.15) is 0 Å². The first-order valence-electron chi connectivity index (χ1n) is 3.78. The van der Waals surface area contributed by atoms with E-state index in [2.05, 4.69) is 6.07 Å². The molecule has 1 heterocycles. The summed E-state index contributed by atoms with van der Waals surface area (Å²) in [4.78, 5) is 12.7. The molecule has 0 aliphatic carbocycles. The third kappa shape index (κ3) is 1.13. The molecule has 1 aliphatic rings. The molecule has 1 amide bonds. The Kier molecular flexibility index (Phi) is 1.70. The van der Waals surface area contributed by atoms with Crippen LogP contribution in [0, 0.1) is 6.07 Å². The van der Waals surface area contributed by atoms with Crippen molar-refractivity contribution < 1.29 is 9.53 Å². The molecule has 1 aromatic carbocycles. The fourth-order valence-electron chi connectivity index (χ4n) is 1.19. The van der Waals surface area contributed by atoms with Crippen LogP contribution >= 0.6 is 0 Å². The Hall–Kier alpha value is -1.51. The molecule has 1 fully saturated rings. The number of hydrogen-bond acceptors (Lipinski definition) is 2. The van der Waals surface area contributed by atoms with Crippen LogP contribution in [0.3, 0.4) is 0 Å². The van der Waals surface area contributed by atoms with Gasteiger partial charge in [0, 0.05) is 5.69 Å². The third-order valence-electron chi connectivity index (χ3n) is 1.77. The number of hydrogen-bond donors (Lipinski definition) is 0. The lowest BCUT2D eigenvalue weighted by molar-refractivity contribution is 0.181. The van der Waals surface area contributed by atoms with Gasteiger partial charge in [-0.1, -0.05) is 12.1 Å². The molecular formula is C9H8NO2. The van der Waals surface area contributed by atoms with Crippen LogP contribution in [0.4, 0.5) is 10.5 Å². The Morgan fingerprint density at radius 1 is 1.42 bits per heavy atom. The molecule has 1 aliphatic heterocycles. The van der Waals surface area contributed by atoms with Crippen LogP contribution in [0.25, 0.3) is 0 Å². The van der Waals surface area contributed by atoms with E-state index in [1.54, 1.807) is 17.0 Å². The monoisotopic (exact) mass is 162 g/mol. The van der Waals surface area contributed by atoms with Crippen molar-refractivity contribution in [1.29, 1.82) is 0 Å². The summed E-state index contributed by atoms with van der Waals surface area (Å²) in [5.41, 5.74) is 0.872. The van der Waals surface area contributed by atoms with E-state index >= 15 is 0 Å². The second-order valence-corrected chi connectivity index (χ2v) is 2.52. The molecule has 0 unspecified atom stereocenters. The van der Waals surface area contributed by atoms with Gasteiger partial charge < -0.3 is 4.74 Å². The number of amides is 1. The van der Waals surface area contributed by atoms with E-state index in [0.29, 0.717) is 13.2 Å². The van der Waals surface area contributed by atoms with Crippen molar-refractivity contribution in [1.82, 2.24) is 0 Å². The number of rotatable bonds is 1. The van der Waals surface area contributed by atoms with Crippen LogP contribution in [-0.2, 0) is 4.74 Å². The van der Waals surface area contributed by atoms with Gasteiger partial charge in [-0.05, 0) is 18.2 Å². The van der Waals surface area contributed by atoms with Gasteiger partial charge >= 0.3 is 6.09 Å². The Labute approximate surface area is 70.6 Å². The summed E-state index contributed by atoms with van der Waals surface area (Å²) in [6, 6.07) is 10.1. The van der Waals surface area contributed by atoms with Crippen molar-refractivity contribution >= 4 is 11.8 Å². The molecule has 0 N–H and O–H groups in total.